The molecule has 0 amide bonds. The molecule has 0 saturated carbocycles. The average Bonchev–Trinajstić information content (AvgIpc) is 3.04. The van der Waals surface area contributed by atoms with Gasteiger partial charge < -0.3 is 30.6 Å². The molecular formula is C39H36O6. The first-order valence-corrected chi connectivity index (χ1v) is 14.4. The zero-order chi connectivity index (χ0) is 32.0. The van der Waals surface area contributed by atoms with E-state index in [1.165, 1.54) is 0 Å². The smallest absolute Gasteiger partial charge is 0.119 e. The maximum Gasteiger partial charge on any atom is 0.119 e. The van der Waals surface area contributed by atoms with Crippen LogP contribution in [0.25, 0.3) is 0 Å². The van der Waals surface area contributed by atoms with E-state index in [0.29, 0.717) is 18.6 Å². The molecule has 6 N–H and O–H groups in total. The second-order valence-electron chi connectivity index (χ2n) is 10.4. The minimum Gasteiger partial charge on any atom is -0.508 e. The van der Waals surface area contributed by atoms with Gasteiger partial charge in [0.1, 0.15) is 34.5 Å². The molecule has 0 atom stereocenters. The number of phenols is 6. The number of aromatic hydroxyl groups is 6. The van der Waals surface area contributed by atoms with Crippen molar-refractivity contribution in [1.29, 1.82) is 0 Å². The first-order valence-electron chi connectivity index (χ1n) is 14.4. The molecule has 45 heavy (non-hydrogen) atoms. The third-order valence-electron chi connectivity index (χ3n) is 6.97. The number of rotatable bonds is 6. The van der Waals surface area contributed by atoms with E-state index in [4.69, 9.17) is 15.3 Å². The van der Waals surface area contributed by atoms with Crippen molar-refractivity contribution in [2.75, 3.05) is 0 Å². The third kappa shape index (κ3) is 10.4. The zero-order valence-corrected chi connectivity index (χ0v) is 24.7. The van der Waals surface area contributed by atoms with Crippen LogP contribution in [-0.4, -0.2) is 30.6 Å². The molecule has 0 spiro atoms. The van der Waals surface area contributed by atoms with Crippen LogP contribution in [0.2, 0.25) is 0 Å². The summed E-state index contributed by atoms with van der Waals surface area (Å²) in [4.78, 5) is 0. The Hall–Kier alpha value is -5.88. The minimum atomic E-state index is 0.260. The fourth-order valence-electron chi connectivity index (χ4n) is 4.48. The first kappa shape index (κ1) is 32.0. The molecule has 0 aliphatic carbocycles. The van der Waals surface area contributed by atoms with Gasteiger partial charge in [-0.1, -0.05) is 91.0 Å². The maximum atomic E-state index is 9.58. The Labute approximate surface area is 263 Å². The molecule has 0 radical (unpaired) electrons. The van der Waals surface area contributed by atoms with Crippen molar-refractivity contribution in [3.8, 4) is 34.5 Å². The predicted octanol–water partition coefficient (Wildman–Crippen LogP) is 8.07. The Bertz CT molecular complexity index is 1680. The summed E-state index contributed by atoms with van der Waals surface area (Å²) in [6, 6.07) is 42.8. The van der Waals surface area contributed by atoms with E-state index >= 15 is 0 Å². The molecular weight excluding hydrogens is 564 g/mol. The summed E-state index contributed by atoms with van der Waals surface area (Å²) < 4.78 is 0. The van der Waals surface area contributed by atoms with E-state index < -0.39 is 0 Å². The van der Waals surface area contributed by atoms with Crippen molar-refractivity contribution in [1.82, 2.24) is 0 Å². The minimum absolute atomic E-state index is 0.260. The van der Waals surface area contributed by atoms with Crippen molar-refractivity contribution >= 4 is 0 Å². The fourth-order valence-corrected chi connectivity index (χ4v) is 4.48. The van der Waals surface area contributed by atoms with E-state index in [1.54, 1.807) is 72.8 Å². The quantitative estimate of drug-likeness (QED) is 0.115. The SMILES string of the molecule is Oc1ccc(Cc2ccc(O)cc2)cc1.Oc1ccc(Cc2ccccc2O)cc1.Oc1ccccc1Cc1ccccc1O. The predicted molar refractivity (Wildman–Crippen MR) is 177 cm³/mol. The first-order chi connectivity index (χ1) is 21.8. The molecule has 0 aliphatic heterocycles. The van der Waals surface area contributed by atoms with Gasteiger partial charge in [0.25, 0.3) is 0 Å². The number of hydrogen-bond donors (Lipinski definition) is 6. The molecule has 6 aromatic carbocycles. The molecule has 6 aromatic rings. The molecule has 0 aromatic heterocycles. The molecule has 0 unspecified atom stereocenters. The van der Waals surface area contributed by atoms with Gasteiger partial charge in [0, 0.05) is 12.8 Å². The normalized spacial score (nSPS) is 10.1. The van der Waals surface area contributed by atoms with Crippen LogP contribution < -0.4 is 0 Å². The van der Waals surface area contributed by atoms with Gasteiger partial charge in [0.15, 0.2) is 0 Å². The van der Waals surface area contributed by atoms with Gasteiger partial charge in [0.05, 0.1) is 0 Å². The summed E-state index contributed by atoms with van der Waals surface area (Å²) in [5.41, 5.74) is 5.87. The third-order valence-corrected chi connectivity index (χ3v) is 6.97. The van der Waals surface area contributed by atoms with Crippen molar-refractivity contribution in [2.24, 2.45) is 0 Å². The van der Waals surface area contributed by atoms with Crippen molar-refractivity contribution in [3.05, 3.63) is 179 Å². The molecule has 0 saturated heterocycles. The highest BCUT2D eigenvalue weighted by Gasteiger charge is 2.05. The fraction of sp³-hybridized carbons (Fsp3) is 0.0769. The Balaban J connectivity index is 0.000000154. The van der Waals surface area contributed by atoms with Crippen LogP contribution in [0.4, 0.5) is 0 Å². The topological polar surface area (TPSA) is 121 Å². The second-order valence-corrected chi connectivity index (χ2v) is 10.4. The number of para-hydroxylation sites is 3. The number of benzene rings is 6. The van der Waals surface area contributed by atoms with E-state index in [0.717, 1.165) is 39.8 Å². The van der Waals surface area contributed by atoms with E-state index in [1.807, 2.05) is 72.8 Å². The lowest BCUT2D eigenvalue weighted by Crippen LogP contribution is -1.88. The molecule has 0 bridgehead atoms. The summed E-state index contributed by atoms with van der Waals surface area (Å²) in [6.45, 7) is 0. The van der Waals surface area contributed by atoms with Gasteiger partial charge in [-0.25, -0.2) is 0 Å². The van der Waals surface area contributed by atoms with Gasteiger partial charge in [0.2, 0.25) is 0 Å². The summed E-state index contributed by atoms with van der Waals surface area (Å²) in [5, 5.41) is 56.1. The summed E-state index contributed by atoms with van der Waals surface area (Å²) in [6.07, 6.45) is 2.02. The largest absolute Gasteiger partial charge is 0.508 e. The molecule has 0 aliphatic rings. The van der Waals surface area contributed by atoms with Crippen LogP contribution in [0, 0.1) is 0 Å². The molecule has 0 heterocycles. The van der Waals surface area contributed by atoms with Gasteiger partial charge >= 0.3 is 0 Å². The number of phenolic OH excluding ortho intramolecular Hbond substituents is 6. The van der Waals surface area contributed by atoms with Gasteiger partial charge in [-0.05, 0) is 94.4 Å². The van der Waals surface area contributed by atoms with Crippen LogP contribution in [-0.2, 0) is 19.3 Å². The van der Waals surface area contributed by atoms with Crippen molar-refractivity contribution < 1.29 is 30.6 Å². The lowest BCUT2D eigenvalue weighted by molar-refractivity contribution is 0.463. The highest BCUT2D eigenvalue weighted by Crippen LogP contribution is 2.24. The molecule has 0 fully saturated rings. The second kappa shape index (κ2) is 16.1. The molecule has 6 nitrogen and oxygen atoms in total. The highest BCUT2D eigenvalue weighted by atomic mass is 16.3. The Kier molecular flexibility index (Phi) is 11.5. The Morgan fingerprint density at radius 2 is 0.533 bits per heavy atom. The van der Waals surface area contributed by atoms with E-state index in [2.05, 4.69) is 0 Å². The van der Waals surface area contributed by atoms with Crippen molar-refractivity contribution in [2.45, 2.75) is 19.3 Å². The monoisotopic (exact) mass is 600 g/mol. The Morgan fingerprint density at radius 3 is 0.844 bits per heavy atom. The van der Waals surface area contributed by atoms with Gasteiger partial charge in [-0.2, -0.15) is 0 Å². The number of hydrogen-bond acceptors (Lipinski definition) is 6. The van der Waals surface area contributed by atoms with Crippen LogP contribution in [0.1, 0.15) is 33.4 Å². The average molecular weight is 601 g/mol. The van der Waals surface area contributed by atoms with Crippen LogP contribution in [0.3, 0.4) is 0 Å². The van der Waals surface area contributed by atoms with Crippen LogP contribution >= 0.6 is 0 Å². The van der Waals surface area contributed by atoms with Gasteiger partial charge in [-0.15, -0.1) is 0 Å². The van der Waals surface area contributed by atoms with Crippen LogP contribution in [0.15, 0.2) is 146 Å². The zero-order valence-electron chi connectivity index (χ0n) is 24.7. The van der Waals surface area contributed by atoms with Gasteiger partial charge in [-0.3, -0.25) is 0 Å². The summed E-state index contributed by atoms with van der Waals surface area (Å²) >= 11 is 0. The van der Waals surface area contributed by atoms with E-state index in [9.17, 15) is 15.3 Å². The lowest BCUT2D eigenvalue weighted by Gasteiger charge is -2.05. The summed E-state index contributed by atoms with van der Waals surface area (Å²) in [5.74, 6) is 1.66. The van der Waals surface area contributed by atoms with E-state index in [-0.39, 0.29) is 28.7 Å². The standard InChI is InChI=1S/3C13H12O2/c14-12-5-1-10(2-6-12)9-11-3-7-13(15)8-4-11;14-12-7-3-1-5-10(12)9-11-6-2-4-8-13(11)15;14-12-7-5-10(6-8-12)9-11-3-1-2-4-13(11)15/h3*1-8,14-15H,9H2. The van der Waals surface area contributed by atoms with Crippen LogP contribution in [0.5, 0.6) is 34.5 Å². The molecule has 6 rings (SSSR count). The molecule has 6 heteroatoms. The Morgan fingerprint density at radius 1 is 0.267 bits per heavy atom. The highest BCUT2D eigenvalue weighted by molar-refractivity contribution is 5.41. The summed E-state index contributed by atoms with van der Waals surface area (Å²) in [7, 11) is 0. The molecule has 228 valence electrons. The maximum absolute atomic E-state index is 9.58. The van der Waals surface area contributed by atoms with Crippen molar-refractivity contribution in [3.63, 3.8) is 0 Å². The lowest BCUT2D eigenvalue weighted by atomic mass is 10.0.